The lowest BCUT2D eigenvalue weighted by Gasteiger charge is -1.97. The summed E-state index contributed by atoms with van der Waals surface area (Å²) in [5, 5.41) is 3.78. The van der Waals surface area contributed by atoms with E-state index in [1.807, 2.05) is 24.3 Å². The fourth-order valence-electron chi connectivity index (χ4n) is 1.61. The van der Waals surface area contributed by atoms with E-state index in [1.54, 1.807) is 13.3 Å². The quantitative estimate of drug-likeness (QED) is 0.697. The average Bonchev–Trinajstić information content (AvgIpc) is 2.87. The van der Waals surface area contributed by atoms with E-state index in [0.717, 1.165) is 11.0 Å². The molecule has 0 radical (unpaired) electrons. The Morgan fingerprint density at radius 3 is 2.83 bits per heavy atom. The van der Waals surface area contributed by atoms with Crippen molar-refractivity contribution in [2.75, 3.05) is 7.11 Å². The molecule has 0 saturated carbocycles. The molecule has 6 heteroatoms. The number of rotatable bonds is 3. The Morgan fingerprint density at radius 1 is 1.17 bits per heavy atom. The molecule has 0 aliphatic carbocycles. The second kappa shape index (κ2) is 4.50. The third kappa shape index (κ3) is 1.93. The standard InChI is InChI=1S/C12H10N4O2/c1-17-7-11-15-12(18-16-11)10-6-13-8-4-2-3-5-9(8)14-10/h2-6H,7H2,1H3. The molecule has 0 amide bonds. The number of hydrogen-bond acceptors (Lipinski definition) is 6. The van der Waals surface area contributed by atoms with Gasteiger partial charge in [0.1, 0.15) is 12.3 Å². The van der Waals surface area contributed by atoms with Crippen molar-refractivity contribution in [2.24, 2.45) is 0 Å². The largest absolute Gasteiger partial charge is 0.377 e. The van der Waals surface area contributed by atoms with Crippen molar-refractivity contribution < 1.29 is 9.26 Å². The third-order valence-corrected chi connectivity index (χ3v) is 2.41. The molecule has 2 heterocycles. The van der Waals surface area contributed by atoms with E-state index < -0.39 is 0 Å². The van der Waals surface area contributed by atoms with E-state index in [-0.39, 0.29) is 0 Å². The molecule has 0 fully saturated rings. The topological polar surface area (TPSA) is 73.9 Å². The van der Waals surface area contributed by atoms with Crippen molar-refractivity contribution in [3.8, 4) is 11.6 Å². The Hall–Kier alpha value is -2.34. The van der Waals surface area contributed by atoms with Gasteiger partial charge in [-0.3, -0.25) is 4.98 Å². The zero-order valence-electron chi connectivity index (χ0n) is 9.70. The van der Waals surface area contributed by atoms with Crippen LogP contribution < -0.4 is 0 Å². The van der Waals surface area contributed by atoms with E-state index in [9.17, 15) is 0 Å². The van der Waals surface area contributed by atoms with Crippen LogP contribution in [-0.2, 0) is 11.3 Å². The van der Waals surface area contributed by atoms with Crippen LogP contribution in [0.5, 0.6) is 0 Å². The Labute approximate surface area is 103 Å². The summed E-state index contributed by atoms with van der Waals surface area (Å²) in [5.41, 5.74) is 2.18. The molecular formula is C12H10N4O2. The van der Waals surface area contributed by atoms with Crippen molar-refractivity contribution in [3.05, 3.63) is 36.3 Å². The van der Waals surface area contributed by atoms with Gasteiger partial charge >= 0.3 is 0 Å². The van der Waals surface area contributed by atoms with Crippen LogP contribution in [0.4, 0.5) is 0 Å². The first-order valence-corrected chi connectivity index (χ1v) is 5.40. The summed E-state index contributed by atoms with van der Waals surface area (Å²) in [6, 6.07) is 7.61. The number of para-hydroxylation sites is 2. The highest BCUT2D eigenvalue weighted by molar-refractivity contribution is 5.75. The van der Waals surface area contributed by atoms with Gasteiger partial charge in [-0.25, -0.2) is 4.98 Å². The number of hydrogen-bond donors (Lipinski definition) is 0. The zero-order valence-corrected chi connectivity index (χ0v) is 9.70. The van der Waals surface area contributed by atoms with E-state index >= 15 is 0 Å². The van der Waals surface area contributed by atoms with Crippen LogP contribution in [0.3, 0.4) is 0 Å². The first kappa shape index (κ1) is 10.8. The number of aromatic nitrogens is 4. The molecule has 1 aromatic carbocycles. The summed E-state index contributed by atoms with van der Waals surface area (Å²) in [7, 11) is 1.58. The van der Waals surface area contributed by atoms with Crippen molar-refractivity contribution in [1.29, 1.82) is 0 Å². The smallest absolute Gasteiger partial charge is 0.278 e. The summed E-state index contributed by atoms with van der Waals surface area (Å²) >= 11 is 0. The lowest BCUT2D eigenvalue weighted by atomic mass is 10.3. The number of fused-ring (bicyclic) bond motifs is 1. The van der Waals surface area contributed by atoms with Gasteiger partial charge in [0, 0.05) is 7.11 Å². The van der Waals surface area contributed by atoms with Gasteiger partial charge < -0.3 is 9.26 Å². The number of nitrogens with zero attached hydrogens (tertiary/aromatic N) is 4. The highest BCUT2D eigenvalue weighted by atomic mass is 16.5. The minimum absolute atomic E-state index is 0.310. The highest BCUT2D eigenvalue weighted by Crippen LogP contribution is 2.17. The number of benzene rings is 1. The summed E-state index contributed by atoms with van der Waals surface area (Å²) < 4.78 is 10.0. The minimum atomic E-state index is 0.310. The van der Waals surface area contributed by atoms with Crippen LogP contribution in [0.2, 0.25) is 0 Å². The predicted octanol–water partition coefficient (Wildman–Crippen LogP) is 1.83. The van der Waals surface area contributed by atoms with Gasteiger partial charge in [-0.2, -0.15) is 4.98 Å². The maximum Gasteiger partial charge on any atom is 0.278 e. The summed E-state index contributed by atoms with van der Waals surface area (Å²) in [4.78, 5) is 12.9. The van der Waals surface area contributed by atoms with Gasteiger partial charge in [0.25, 0.3) is 5.89 Å². The zero-order chi connectivity index (χ0) is 12.4. The Bertz CT molecular complexity index is 680. The second-order valence-corrected chi connectivity index (χ2v) is 3.69. The summed E-state index contributed by atoms with van der Waals surface area (Å²) in [6.45, 7) is 0.310. The van der Waals surface area contributed by atoms with Gasteiger partial charge in [-0.15, -0.1) is 0 Å². The molecule has 0 unspecified atom stereocenters. The van der Waals surface area contributed by atoms with Gasteiger partial charge in [0.05, 0.1) is 17.2 Å². The van der Waals surface area contributed by atoms with Crippen LogP contribution in [0.25, 0.3) is 22.6 Å². The third-order valence-electron chi connectivity index (χ3n) is 2.41. The highest BCUT2D eigenvalue weighted by Gasteiger charge is 2.10. The molecule has 2 aromatic heterocycles. The van der Waals surface area contributed by atoms with Gasteiger partial charge in [-0.05, 0) is 12.1 Å². The summed E-state index contributed by atoms with van der Waals surface area (Å²) in [6.07, 6.45) is 1.62. The van der Waals surface area contributed by atoms with E-state index in [2.05, 4.69) is 20.1 Å². The summed E-state index contributed by atoms with van der Waals surface area (Å²) in [5.74, 6) is 0.836. The fraction of sp³-hybridized carbons (Fsp3) is 0.167. The lowest BCUT2D eigenvalue weighted by molar-refractivity contribution is 0.174. The average molecular weight is 242 g/mol. The number of ether oxygens (including phenoxy) is 1. The molecule has 18 heavy (non-hydrogen) atoms. The first-order valence-electron chi connectivity index (χ1n) is 5.40. The molecule has 0 aliphatic heterocycles. The maximum absolute atomic E-state index is 5.11. The van der Waals surface area contributed by atoms with E-state index in [4.69, 9.17) is 9.26 Å². The van der Waals surface area contributed by atoms with Crippen LogP contribution >= 0.6 is 0 Å². The molecule has 0 saturated heterocycles. The molecule has 6 nitrogen and oxygen atoms in total. The molecule has 0 spiro atoms. The number of methoxy groups -OCH3 is 1. The molecule has 3 rings (SSSR count). The van der Waals surface area contributed by atoms with Crippen LogP contribution in [0.1, 0.15) is 5.82 Å². The van der Waals surface area contributed by atoms with Crippen molar-refractivity contribution in [2.45, 2.75) is 6.61 Å². The molecule has 90 valence electrons. The van der Waals surface area contributed by atoms with E-state index in [1.165, 1.54) is 0 Å². The van der Waals surface area contributed by atoms with Gasteiger partial charge in [0.2, 0.25) is 0 Å². The van der Waals surface area contributed by atoms with Crippen molar-refractivity contribution in [1.82, 2.24) is 20.1 Å². The van der Waals surface area contributed by atoms with Crippen LogP contribution in [0.15, 0.2) is 35.0 Å². The van der Waals surface area contributed by atoms with Crippen molar-refractivity contribution >= 4 is 11.0 Å². The Morgan fingerprint density at radius 2 is 2.00 bits per heavy atom. The first-order chi connectivity index (χ1) is 8.86. The normalized spacial score (nSPS) is 10.9. The molecule has 0 atom stereocenters. The van der Waals surface area contributed by atoms with Gasteiger partial charge in [0.15, 0.2) is 5.82 Å². The maximum atomic E-state index is 5.11. The van der Waals surface area contributed by atoms with E-state index in [0.29, 0.717) is 24.0 Å². The van der Waals surface area contributed by atoms with Crippen LogP contribution in [-0.4, -0.2) is 27.2 Å². The molecule has 0 aliphatic rings. The lowest BCUT2D eigenvalue weighted by Crippen LogP contribution is -1.91. The van der Waals surface area contributed by atoms with Crippen molar-refractivity contribution in [3.63, 3.8) is 0 Å². The predicted molar refractivity (Wildman–Crippen MR) is 63.5 cm³/mol. The molecule has 0 bridgehead atoms. The minimum Gasteiger partial charge on any atom is -0.377 e. The molecule has 0 N–H and O–H groups in total. The monoisotopic (exact) mass is 242 g/mol. The SMILES string of the molecule is COCc1noc(-c2cnc3ccccc3n2)n1. The Kier molecular flexibility index (Phi) is 2.70. The van der Waals surface area contributed by atoms with Crippen LogP contribution in [0, 0.1) is 0 Å². The Balaban J connectivity index is 2.02. The van der Waals surface area contributed by atoms with Gasteiger partial charge in [-0.1, -0.05) is 17.3 Å². The second-order valence-electron chi connectivity index (χ2n) is 3.69. The fourth-order valence-corrected chi connectivity index (χ4v) is 1.61. The molecule has 3 aromatic rings. The molecular weight excluding hydrogens is 232 g/mol.